The number of amides is 1. The van der Waals surface area contributed by atoms with Gasteiger partial charge in [-0.1, -0.05) is 43.4 Å². The molecule has 0 radical (unpaired) electrons. The van der Waals surface area contributed by atoms with Gasteiger partial charge in [0.1, 0.15) is 24.5 Å². The minimum atomic E-state index is -0.728. The van der Waals surface area contributed by atoms with E-state index in [0.29, 0.717) is 60.3 Å². The number of rotatable bonds is 16. The van der Waals surface area contributed by atoms with E-state index in [-0.39, 0.29) is 18.4 Å². The predicted octanol–water partition coefficient (Wildman–Crippen LogP) is 7.70. The summed E-state index contributed by atoms with van der Waals surface area (Å²) in [6, 6.07) is 16.3. The largest absolute Gasteiger partial charge is 0.493 e. The van der Waals surface area contributed by atoms with Crippen LogP contribution in [0.3, 0.4) is 0 Å². The fourth-order valence-corrected chi connectivity index (χ4v) is 7.76. The third-order valence-electron chi connectivity index (χ3n) is 10.4. The Labute approximate surface area is 314 Å². The number of likely N-dealkylation sites (tertiary alicyclic amines) is 1. The quantitative estimate of drug-likeness (QED) is 0.109. The standard InChI is InChI=1S/C43H53NO9/c1-7-24-52-33-17-13-16-31(26-33)35(21-19-29-20-22-36(47-2)37(25-29)48-3)53-43(46)34-18-11-12-23-44(34)42(45)40(30-14-9-8-10-15-30)32-27-38(49-4)41(51-6)39(28-32)50-5/h1,13,16-17,20,22,25-28,30,34-35,40H,8-12,14-15,18-19,21,23-24H2,2-6H3/t34-,35?,40?/m1/s1. The molecule has 1 saturated heterocycles. The first-order valence-electron chi connectivity index (χ1n) is 18.5. The minimum Gasteiger partial charge on any atom is -0.493 e. The first kappa shape index (κ1) is 39.2. The number of ether oxygens (including phenoxy) is 7. The molecule has 0 aromatic heterocycles. The van der Waals surface area contributed by atoms with Gasteiger partial charge in [0.25, 0.3) is 0 Å². The highest BCUT2D eigenvalue weighted by Crippen LogP contribution is 2.45. The fraction of sp³-hybridized carbons (Fsp3) is 0.488. The molecule has 0 spiro atoms. The van der Waals surface area contributed by atoms with Crippen LogP contribution in [0.2, 0.25) is 0 Å². The fourth-order valence-electron chi connectivity index (χ4n) is 7.76. The Bertz CT molecular complexity index is 1700. The van der Waals surface area contributed by atoms with E-state index < -0.39 is 24.0 Å². The molecular formula is C43H53NO9. The second-order valence-corrected chi connectivity index (χ2v) is 13.6. The second-order valence-electron chi connectivity index (χ2n) is 13.6. The highest BCUT2D eigenvalue weighted by molar-refractivity contribution is 5.89. The topological polar surface area (TPSA) is 102 Å². The summed E-state index contributed by atoms with van der Waals surface area (Å²) in [5, 5.41) is 0. The Morgan fingerprint density at radius 3 is 2.13 bits per heavy atom. The average Bonchev–Trinajstić information content (AvgIpc) is 3.21. The maximum absolute atomic E-state index is 14.9. The van der Waals surface area contributed by atoms with Crippen LogP contribution >= 0.6 is 0 Å². The first-order chi connectivity index (χ1) is 25.8. The van der Waals surface area contributed by atoms with Gasteiger partial charge in [-0.15, -0.1) is 6.42 Å². The van der Waals surface area contributed by atoms with Gasteiger partial charge in [-0.25, -0.2) is 4.79 Å². The van der Waals surface area contributed by atoms with Crippen molar-refractivity contribution in [1.29, 1.82) is 0 Å². The van der Waals surface area contributed by atoms with Gasteiger partial charge in [-0.3, -0.25) is 4.79 Å². The number of carbonyl (C=O) groups is 2. The molecule has 3 aromatic carbocycles. The Morgan fingerprint density at radius 2 is 1.47 bits per heavy atom. The molecule has 0 N–H and O–H groups in total. The summed E-state index contributed by atoms with van der Waals surface area (Å²) in [4.78, 5) is 31.1. The van der Waals surface area contributed by atoms with Crippen molar-refractivity contribution in [1.82, 2.24) is 4.90 Å². The molecule has 1 heterocycles. The van der Waals surface area contributed by atoms with Crippen LogP contribution in [0.5, 0.6) is 34.5 Å². The van der Waals surface area contributed by atoms with Crippen molar-refractivity contribution in [3.63, 3.8) is 0 Å². The number of hydrogen-bond donors (Lipinski definition) is 0. The molecule has 2 unspecified atom stereocenters. The van der Waals surface area contributed by atoms with Gasteiger partial charge in [0.05, 0.1) is 41.5 Å². The number of hydrogen-bond acceptors (Lipinski definition) is 9. The lowest BCUT2D eigenvalue weighted by atomic mass is 9.75. The zero-order chi connectivity index (χ0) is 37.7. The molecule has 10 heteroatoms. The van der Waals surface area contributed by atoms with E-state index in [1.807, 2.05) is 54.6 Å². The maximum atomic E-state index is 14.9. The number of piperidine rings is 1. The Kier molecular flexibility index (Phi) is 14.2. The van der Waals surface area contributed by atoms with Crippen LogP contribution in [0.25, 0.3) is 0 Å². The van der Waals surface area contributed by atoms with Gasteiger partial charge in [0.15, 0.2) is 23.0 Å². The summed E-state index contributed by atoms with van der Waals surface area (Å²) < 4.78 is 40.1. The van der Waals surface area contributed by atoms with Crippen LogP contribution in [-0.2, 0) is 20.7 Å². The summed E-state index contributed by atoms with van der Waals surface area (Å²) in [6.07, 6.45) is 13.1. The second kappa shape index (κ2) is 19.2. The van der Waals surface area contributed by atoms with Gasteiger partial charge < -0.3 is 38.1 Å². The molecule has 0 bridgehead atoms. The molecule has 10 nitrogen and oxygen atoms in total. The molecule has 1 saturated carbocycles. The third-order valence-corrected chi connectivity index (χ3v) is 10.4. The lowest BCUT2D eigenvalue weighted by Crippen LogP contribution is -2.51. The number of aryl methyl sites for hydroxylation is 1. The van der Waals surface area contributed by atoms with Crippen LogP contribution < -0.4 is 28.4 Å². The monoisotopic (exact) mass is 727 g/mol. The lowest BCUT2D eigenvalue weighted by Gasteiger charge is -2.40. The molecule has 1 amide bonds. The van der Waals surface area contributed by atoms with E-state index in [2.05, 4.69) is 5.92 Å². The van der Waals surface area contributed by atoms with Crippen LogP contribution in [0.15, 0.2) is 54.6 Å². The highest BCUT2D eigenvalue weighted by atomic mass is 16.5. The molecule has 2 aliphatic rings. The van der Waals surface area contributed by atoms with E-state index in [1.54, 1.807) is 40.4 Å². The van der Waals surface area contributed by atoms with Gasteiger partial charge >= 0.3 is 5.97 Å². The van der Waals surface area contributed by atoms with Gasteiger partial charge in [-0.2, -0.15) is 0 Å². The number of terminal acetylenes is 1. The zero-order valence-corrected chi connectivity index (χ0v) is 31.7. The van der Waals surface area contributed by atoms with Crippen molar-refractivity contribution < 1.29 is 42.7 Å². The SMILES string of the molecule is C#CCOc1cccc(C(CCc2ccc(OC)c(OC)c2)OC(=O)[C@H]2CCCCN2C(=O)C(c2cc(OC)c(OC)c(OC)c2)C2CCCCC2)c1. The van der Waals surface area contributed by atoms with Crippen LogP contribution in [0.4, 0.5) is 0 Å². The van der Waals surface area contributed by atoms with Crippen molar-refractivity contribution in [2.24, 2.45) is 5.92 Å². The molecule has 1 aliphatic carbocycles. The lowest BCUT2D eigenvalue weighted by molar-refractivity contribution is -0.163. The summed E-state index contributed by atoms with van der Waals surface area (Å²) >= 11 is 0. The normalized spacial score (nSPS) is 17.1. The van der Waals surface area contributed by atoms with Crippen molar-refractivity contribution >= 4 is 11.9 Å². The van der Waals surface area contributed by atoms with E-state index in [4.69, 9.17) is 39.6 Å². The smallest absolute Gasteiger partial charge is 0.329 e. The van der Waals surface area contributed by atoms with E-state index in [1.165, 1.54) is 0 Å². The molecule has 5 rings (SSSR count). The van der Waals surface area contributed by atoms with Crippen LogP contribution in [-0.4, -0.2) is 71.5 Å². The number of methoxy groups -OCH3 is 5. The minimum absolute atomic E-state index is 0.0700. The maximum Gasteiger partial charge on any atom is 0.329 e. The Morgan fingerprint density at radius 1 is 0.774 bits per heavy atom. The summed E-state index contributed by atoms with van der Waals surface area (Å²) in [6.45, 7) is 0.588. The van der Waals surface area contributed by atoms with E-state index in [9.17, 15) is 9.59 Å². The Balaban J connectivity index is 1.45. The van der Waals surface area contributed by atoms with E-state index >= 15 is 0 Å². The molecule has 2 fully saturated rings. The molecular weight excluding hydrogens is 674 g/mol. The predicted molar refractivity (Wildman–Crippen MR) is 202 cm³/mol. The number of benzene rings is 3. The third kappa shape index (κ3) is 9.50. The molecule has 1 aliphatic heterocycles. The van der Waals surface area contributed by atoms with E-state index in [0.717, 1.165) is 61.6 Å². The van der Waals surface area contributed by atoms with Gasteiger partial charge in [0, 0.05) is 6.54 Å². The summed E-state index contributed by atoms with van der Waals surface area (Å²) in [7, 11) is 7.92. The molecule has 284 valence electrons. The number of nitrogens with zero attached hydrogens (tertiary/aromatic N) is 1. The molecule has 3 aromatic rings. The highest BCUT2D eigenvalue weighted by Gasteiger charge is 2.41. The van der Waals surface area contributed by atoms with Crippen molar-refractivity contribution in [3.05, 3.63) is 71.3 Å². The molecule has 53 heavy (non-hydrogen) atoms. The first-order valence-corrected chi connectivity index (χ1v) is 18.5. The zero-order valence-electron chi connectivity index (χ0n) is 31.7. The molecule has 3 atom stereocenters. The van der Waals surface area contributed by atoms with Crippen LogP contribution in [0.1, 0.15) is 86.5 Å². The summed E-state index contributed by atoms with van der Waals surface area (Å²) in [5.74, 6) is 4.95. The Hall–Kier alpha value is -5.04. The van der Waals surface area contributed by atoms with Crippen molar-refractivity contribution in [2.45, 2.75) is 82.3 Å². The number of carbonyl (C=O) groups excluding carboxylic acids is 2. The van der Waals surface area contributed by atoms with Crippen LogP contribution in [0, 0.1) is 18.3 Å². The number of esters is 1. The van der Waals surface area contributed by atoms with Gasteiger partial charge in [-0.05, 0) is 104 Å². The van der Waals surface area contributed by atoms with Gasteiger partial charge in [0.2, 0.25) is 11.7 Å². The van der Waals surface area contributed by atoms with Crippen molar-refractivity contribution in [2.75, 3.05) is 48.7 Å². The van der Waals surface area contributed by atoms with Crippen molar-refractivity contribution in [3.8, 4) is 46.8 Å². The average molecular weight is 728 g/mol. The summed E-state index contributed by atoms with van der Waals surface area (Å²) in [5.41, 5.74) is 2.57.